The molecule has 2 nitrogen and oxygen atoms in total. The Hall–Kier alpha value is -2.27. The van der Waals surface area contributed by atoms with E-state index in [1.165, 1.54) is 26.0 Å². The first kappa shape index (κ1) is 20.0. The fraction of sp³-hybridized carbons (Fsp3) is 0.417. The van der Waals surface area contributed by atoms with Gasteiger partial charge in [-0.3, -0.25) is 4.90 Å². The molecule has 0 amide bonds. The summed E-state index contributed by atoms with van der Waals surface area (Å²) in [4.78, 5) is 5.31. The van der Waals surface area contributed by atoms with E-state index >= 15 is 8.78 Å². The van der Waals surface area contributed by atoms with Crippen LogP contribution in [0, 0.1) is 18.6 Å². The van der Waals surface area contributed by atoms with E-state index in [9.17, 15) is 4.39 Å². The molecule has 154 valence electrons. The first-order valence-corrected chi connectivity index (χ1v) is 10.1. The van der Waals surface area contributed by atoms with Crippen molar-refractivity contribution in [3.05, 3.63) is 70.4 Å². The van der Waals surface area contributed by atoms with Gasteiger partial charge in [-0.2, -0.15) is 0 Å². The van der Waals surface area contributed by atoms with Crippen molar-refractivity contribution < 1.29 is 13.2 Å². The molecule has 0 saturated carbocycles. The molecule has 3 aromatic rings. The molecular weight excluding hydrogens is 373 g/mol. The molecule has 0 fully saturated rings. The molecule has 2 unspecified atom stereocenters. The summed E-state index contributed by atoms with van der Waals surface area (Å²) in [7, 11) is 0. The van der Waals surface area contributed by atoms with Gasteiger partial charge in [-0.1, -0.05) is 25.1 Å². The van der Waals surface area contributed by atoms with Crippen LogP contribution in [0.2, 0.25) is 0 Å². The van der Waals surface area contributed by atoms with Gasteiger partial charge in [0.2, 0.25) is 0 Å². The molecule has 2 heterocycles. The molecule has 0 aliphatic carbocycles. The summed E-state index contributed by atoms with van der Waals surface area (Å²) >= 11 is 0. The average Bonchev–Trinajstić information content (AvgIpc) is 2.94. The summed E-state index contributed by atoms with van der Waals surface area (Å²) in [5, 5.41) is 1.06. The van der Waals surface area contributed by atoms with E-state index in [1.54, 1.807) is 6.92 Å². The van der Waals surface area contributed by atoms with Gasteiger partial charge in [0.15, 0.2) is 0 Å². The number of para-hydroxylation sites is 1. The molecule has 0 spiro atoms. The molecule has 1 aliphatic heterocycles. The van der Waals surface area contributed by atoms with Gasteiger partial charge in [0.25, 0.3) is 0 Å². The number of halogens is 3. The highest BCUT2D eigenvalue weighted by Crippen LogP contribution is 2.44. The lowest BCUT2D eigenvalue weighted by Gasteiger charge is -2.34. The molecule has 0 radical (unpaired) electrons. The van der Waals surface area contributed by atoms with E-state index in [0.717, 1.165) is 28.6 Å². The van der Waals surface area contributed by atoms with Crippen molar-refractivity contribution in [1.82, 2.24) is 9.88 Å². The zero-order valence-corrected chi connectivity index (χ0v) is 17.3. The number of nitrogens with one attached hydrogen (secondary N) is 1. The Balaban J connectivity index is 2.00. The Labute approximate surface area is 169 Å². The van der Waals surface area contributed by atoms with Gasteiger partial charge >= 0.3 is 0 Å². The predicted octanol–water partition coefficient (Wildman–Crippen LogP) is 6.40. The summed E-state index contributed by atoms with van der Waals surface area (Å²) in [5.74, 6) is -0.991. The SMILES string of the molecule is Cc1cc(F)c(C2c3[nH]c4ccccc4c3C(C)CCN2CC(C)(C)F)c(F)c1. The van der Waals surface area contributed by atoms with Crippen LogP contribution in [0.25, 0.3) is 10.9 Å². The van der Waals surface area contributed by atoms with E-state index in [2.05, 4.69) is 11.9 Å². The first-order chi connectivity index (χ1) is 13.7. The molecule has 1 aliphatic rings. The molecule has 4 rings (SSSR count). The van der Waals surface area contributed by atoms with Crippen molar-refractivity contribution in [2.75, 3.05) is 13.1 Å². The summed E-state index contributed by atoms with van der Waals surface area (Å²) in [6.45, 7) is 7.46. The molecule has 2 aromatic carbocycles. The summed E-state index contributed by atoms with van der Waals surface area (Å²) in [6, 6.07) is 9.92. The van der Waals surface area contributed by atoms with Crippen molar-refractivity contribution in [2.45, 2.75) is 51.7 Å². The smallest absolute Gasteiger partial charge is 0.131 e. The second-order valence-electron chi connectivity index (χ2n) is 8.92. The van der Waals surface area contributed by atoms with Crippen molar-refractivity contribution in [1.29, 1.82) is 0 Å². The number of aryl methyl sites for hydroxylation is 1. The lowest BCUT2D eigenvalue weighted by molar-refractivity contribution is 0.102. The maximum Gasteiger partial charge on any atom is 0.131 e. The molecular formula is C24H27F3N2. The van der Waals surface area contributed by atoms with Gasteiger partial charge in [-0.15, -0.1) is 0 Å². The number of aromatic nitrogens is 1. The Morgan fingerprint density at radius 1 is 1.10 bits per heavy atom. The molecule has 0 bridgehead atoms. The number of hydrogen-bond acceptors (Lipinski definition) is 1. The summed E-state index contributed by atoms with van der Waals surface area (Å²) in [6.07, 6.45) is 0.788. The first-order valence-electron chi connectivity index (χ1n) is 10.1. The van der Waals surface area contributed by atoms with Crippen LogP contribution < -0.4 is 0 Å². The third-order valence-corrected chi connectivity index (χ3v) is 5.83. The molecule has 1 N–H and O–H groups in total. The van der Waals surface area contributed by atoms with Crippen LogP contribution in [0.4, 0.5) is 13.2 Å². The van der Waals surface area contributed by atoms with Crippen molar-refractivity contribution in [3.63, 3.8) is 0 Å². The fourth-order valence-corrected chi connectivity index (χ4v) is 4.70. The van der Waals surface area contributed by atoms with Gasteiger partial charge in [-0.05, 0) is 69.0 Å². The van der Waals surface area contributed by atoms with E-state index in [-0.39, 0.29) is 18.0 Å². The molecule has 5 heteroatoms. The fourth-order valence-electron chi connectivity index (χ4n) is 4.70. The monoisotopic (exact) mass is 400 g/mol. The van der Waals surface area contributed by atoms with E-state index < -0.39 is 23.3 Å². The van der Waals surface area contributed by atoms with E-state index in [4.69, 9.17) is 0 Å². The van der Waals surface area contributed by atoms with E-state index in [0.29, 0.717) is 12.1 Å². The van der Waals surface area contributed by atoms with Gasteiger partial charge in [0, 0.05) is 28.7 Å². The maximum absolute atomic E-state index is 15.1. The predicted molar refractivity (Wildman–Crippen MR) is 111 cm³/mol. The number of aromatic amines is 1. The van der Waals surface area contributed by atoms with Crippen LogP contribution in [-0.4, -0.2) is 28.6 Å². The third-order valence-electron chi connectivity index (χ3n) is 5.83. The number of hydrogen-bond donors (Lipinski definition) is 1. The lowest BCUT2D eigenvalue weighted by atomic mass is 9.91. The highest BCUT2D eigenvalue weighted by molar-refractivity contribution is 5.85. The standard InChI is InChI=1S/C24H27F3N2/c1-14-11-17(25)21(18(26)12-14)23-22-20(16-7-5-6-8-19(16)28-22)15(2)9-10-29(23)13-24(3,4)27/h5-8,11-12,15,23,28H,9-10,13H2,1-4H3. The number of benzene rings is 2. The minimum Gasteiger partial charge on any atom is -0.357 e. The highest BCUT2D eigenvalue weighted by atomic mass is 19.1. The van der Waals surface area contributed by atoms with Gasteiger partial charge in [-0.25, -0.2) is 13.2 Å². The molecule has 29 heavy (non-hydrogen) atoms. The lowest BCUT2D eigenvalue weighted by Crippen LogP contribution is -2.39. The van der Waals surface area contributed by atoms with Crippen molar-refractivity contribution in [2.24, 2.45) is 0 Å². The number of alkyl halides is 1. The molecule has 0 saturated heterocycles. The van der Waals surface area contributed by atoms with Crippen LogP contribution in [0.3, 0.4) is 0 Å². The second kappa shape index (κ2) is 7.21. The Bertz CT molecular complexity index is 1020. The van der Waals surface area contributed by atoms with Crippen molar-refractivity contribution in [3.8, 4) is 0 Å². The van der Waals surface area contributed by atoms with Crippen LogP contribution in [0.15, 0.2) is 36.4 Å². The number of H-pyrrole nitrogens is 1. The summed E-state index contributed by atoms with van der Waals surface area (Å²) in [5.41, 5.74) is 1.80. The van der Waals surface area contributed by atoms with Crippen LogP contribution >= 0.6 is 0 Å². The van der Waals surface area contributed by atoms with Crippen LogP contribution in [0.5, 0.6) is 0 Å². The van der Waals surface area contributed by atoms with Crippen LogP contribution in [0.1, 0.15) is 61.5 Å². The summed E-state index contributed by atoms with van der Waals surface area (Å²) < 4.78 is 44.9. The number of nitrogens with zero attached hydrogens (tertiary/aromatic N) is 1. The Morgan fingerprint density at radius 2 is 1.76 bits per heavy atom. The number of rotatable bonds is 3. The van der Waals surface area contributed by atoms with Crippen molar-refractivity contribution >= 4 is 10.9 Å². The highest BCUT2D eigenvalue weighted by Gasteiger charge is 2.38. The normalized spacial score (nSPS) is 20.7. The number of fused-ring (bicyclic) bond motifs is 3. The minimum absolute atomic E-state index is 0.0123. The Morgan fingerprint density at radius 3 is 2.41 bits per heavy atom. The Kier molecular flexibility index (Phi) is 4.97. The van der Waals surface area contributed by atoms with Gasteiger partial charge in [0.1, 0.15) is 17.3 Å². The zero-order chi connectivity index (χ0) is 20.9. The second-order valence-corrected chi connectivity index (χ2v) is 8.92. The largest absolute Gasteiger partial charge is 0.357 e. The van der Waals surface area contributed by atoms with Gasteiger partial charge < -0.3 is 4.98 Å². The third kappa shape index (κ3) is 3.68. The van der Waals surface area contributed by atoms with Crippen LogP contribution in [-0.2, 0) is 0 Å². The average molecular weight is 400 g/mol. The minimum atomic E-state index is -1.49. The maximum atomic E-state index is 15.1. The molecule has 1 aromatic heterocycles. The topological polar surface area (TPSA) is 19.0 Å². The van der Waals surface area contributed by atoms with Gasteiger partial charge in [0.05, 0.1) is 6.04 Å². The molecule has 2 atom stereocenters. The van der Waals surface area contributed by atoms with E-state index in [1.807, 2.05) is 29.2 Å². The zero-order valence-electron chi connectivity index (χ0n) is 17.3. The quantitative estimate of drug-likeness (QED) is 0.539.